The molecule has 90 valence electrons. The number of hydrogen-bond donors (Lipinski definition) is 1. The number of Topliss-reactive ketones (excluding diaryl/α,β-unsaturated/α-hetero) is 1. The molecular weight excluding hydrogens is 220 g/mol. The van der Waals surface area contributed by atoms with Gasteiger partial charge in [-0.15, -0.1) is 0 Å². The van der Waals surface area contributed by atoms with Crippen LogP contribution in [0, 0.1) is 5.92 Å². The van der Waals surface area contributed by atoms with Gasteiger partial charge in [0.1, 0.15) is 11.9 Å². The minimum atomic E-state index is -1.10. The number of ketones is 1. The molecule has 0 saturated carbocycles. The Morgan fingerprint density at radius 3 is 2.76 bits per heavy atom. The Balaban J connectivity index is 2.48. The summed E-state index contributed by atoms with van der Waals surface area (Å²) in [5.74, 6) is -0.634. The van der Waals surface area contributed by atoms with E-state index in [4.69, 9.17) is 9.84 Å². The normalized spacial score (nSPS) is 18.8. The van der Waals surface area contributed by atoms with E-state index < -0.39 is 5.97 Å². The molecule has 17 heavy (non-hydrogen) atoms. The summed E-state index contributed by atoms with van der Waals surface area (Å²) in [6.45, 7) is 3.95. The van der Waals surface area contributed by atoms with Gasteiger partial charge in [-0.25, -0.2) is 4.79 Å². The van der Waals surface area contributed by atoms with E-state index in [1.54, 1.807) is 12.1 Å². The van der Waals surface area contributed by atoms with Crippen molar-refractivity contribution in [3.63, 3.8) is 0 Å². The Labute approximate surface area is 99.2 Å². The second-order valence-electron chi connectivity index (χ2n) is 4.51. The molecule has 0 bridgehead atoms. The van der Waals surface area contributed by atoms with E-state index in [-0.39, 0.29) is 35.4 Å². The van der Waals surface area contributed by atoms with Crippen LogP contribution in [-0.4, -0.2) is 23.0 Å². The zero-order valence-electron chi connectivity index (χ0n) is 9.77. The van der Waals surface area contributed by atoms with Crippen LogP contribution in [0.2, 0.25) is 0 Å². The fraction of sp³-hybridized carbons (Fsp3) is 0.385. The lowest BCUT2D eigenvalue weighted by atomic mass is 9.92. The number of rotatable bonds is 2. The summed E-state index contributed by atoms with van der Waals surface area (Å²) >= 11 is 0. The highest BCUT2D eigenvalue weighted by molar-refractivity contribution is 6.08. The van der Waals surface area contributed by atoms with Crippen LogP contribution in [0.5, 0.6) is 5.75 Å². The highest BCUT2D eigenvalue weighted by Gasteiger charge is 2.31. The van der Waals surface area contributed by atoms with Crippen molar-refractivity contribution in [3.05, 3.63) is 29.3 Å². The lowest BCUT2D eigenvalue weighted by molar-refractivity contribution is 0.0670. The molecule has 4 heteroatoms. The topological polar surface area (TPSA) is 63.6 Å². The standard InChI is InChI=1S/C13H14O4/c1-7(2)11-6-9(14)12-8(13(15)16)4-3-5-10(12)17-11/h3-5,7,11H,6H2,1-2H3,(H,15,16). The third kappa shape index (κ3) is 2.02. The summed E-state index contributed by atoms with van der Waals surface area (Å²) in [5, 5.41) is 9.03. The van der Waals surface area contributed by atoms with Gasteiger partial charge in [-0.3, -0.25) is 4.79 Å². The van der Waals surface area contributed by atoms with Crippen LogP contribution in [0.25, 0.3) is 0 Å². The van der Waals surface area contributed by atoms with Crippen LogP contribution in [0.15, 0.2) is 18.2 Å². The van der Waals surface area contributed by atoms with Gasteiger partial charge >= 0.3 is 5.97 Å². The number of carboxylic acids is 1. The Kier molecular flexibility index (Phi) is 2.88. The average Bonchev–Trinajstić information content (AvgIpc) is 2.27. The van der Waals surface area contributed by atoms with Crippen LogP contribution < -0.4 is 4.74 Å². The third-order valence-electron chi connectivity index (χ3n) is 2.94. The van der Waals surface area contributed by atoms with Gasteiger partial charge in [-0.05, 0) is 18.1 Å². The van der Waals surface area contributed by atoms with Crippen molar-refractivity contribution in [2.45, 2.75) is 26.4 Å². The molecule has 1 aliphatic heterocycles. The molecule has 1 heterocycles. The molecule has 0 radical (unpaired) electrons. The summed E-state index contributed by atoms with van der Waals surface area (Å²) < 4.78 is 5.67. The molecule has 1 aromatic rings. The van der Waals surface area contributed by atoms with Crippen molar-refractivity contribution in [3.8, 4) is 5.75 Å². The smallest absolute Gasteiger partial charge is 0.336 e. The van der Waals surface area contributed by atoms with Gasteiger partial charge in [0, 0.05) is 6.42 Å². The van der Waals surface area contributed by atoms with Crippen molar-refractivity contribution in [2.24, 2.45) is 5.92 Å². The fourth-order valence-electron chi connectivity index (χ4n) is 1.96. The van der Waals surface area contributed by atoms with Gasteiger partial charge in [0.2, 0.25) is 0 Å². The molecule has 0 spiro atoms. The fourth-order valence-corrected chi connectivity index (χ4v) is 1.96. The third-order valence-corrected chi connectivity index (χ3v) is 2.94. The number of hydrogen-bond acceptors (Lipinski definition) is 3. The number of aromatic carboxylic acids is 1. The number of benzene rings is 1. The zero-order chi connectivity index (χ0) is 12.6. The van der Waals surface area contributed by atoms with E-state index >= 15 is 0 Å². The van der Waals surface area contributed by atoms with E-state index in [9.17, 15) is 9.59 Å². The Hall–Kier alpha value is -1.84. The van der Waals surface area contributed by atoms with Crippen LogP contribution in [0.1, 0.15) is 41.0 Å². The van der Waals surface area contributed by atoms with Crippen LogP contribution in [0.3, 0.4) is 0 Å². The lowest BCUT2D eigenvalue weighted by Crippen LogP contribution is -2.32. The number of carbonyl (C=O) groups is 2. The molecule has 0 fully saturated rings. The molecule has 2 rings (SSSR count). The van der Waals surface area contributed by atoms with E-state index in [1.165, 1.54) is 6.07 Å². The summed E-state index contributed by atoms with van der Waals surface area (Å²) in [4.78, 5) is 23.0. The highest BCUT2D eigenvalue weighted by Crippen LogP contribution is 2.32. The molecular formula is C13H14O4. The molecule has 4 nitrogen and oxygen atoms in total. The van der Waals surface area contributed by atoms with Gasteiger partial charge < -0.3 is 9.84 Å². The van der Waals surface area contributed by atoms with Gasteiger partial charge in [-0.2, -0.15) is 0 Å². The van der Waals surface area contributed by atoms with Crippen molar-refractivity contribution in [2.75, 3.05) is 0 Å². The molecule has 1 N–H and O–H groups in total. The van der Waals surface area contributed by atoms with E-state index in [1.807, 2.05) is 13.8 Å². The summed E-state index contributed by atoms with van der Waals surface area (Å²) in [5.41, 5.74) is 0.228. The molecule has 1 atom stereocenters. The van der Waals surface area contributed by atoms with Crippen LogP contribution >= 0.6 is 0 Å². The lowest BCUT2D eigenvalue weighted by Gasteiger charge is -2.28. The molecule has 0 aromatic heterocycles. The highest BCUT2D eigenvalue weighted by atomic mass is 16.5. The predicted molar refractivity (Wildman–Crippen MR) is 61.6 cm³/mol. The maximum atomic E-state index is 12.0. The Bertz CT molecular complexity index is 476. The number of carbonyl (C=O) groups excluding carboxylic acids is 1. The van der Waals surface area contributed by atoms with Gasteiger partial charge in [0.25, 0.3) is 0 Å². The summed E-state index contributed by atoms with van der Waals surface area (Å²) in [6.07, 6.45) is 0.0774. The van der Waals surface area contributed by atoms with Crippen molar-refractivity contribution in [1.29, 1.82) is 0 Å². The SMILES string of the molecule is CC(C)C1CC(=O)c2c(cccc2C(=O)O)O1. The largest absolute Gasteiger partial charge is 0.489 e. The molecule has 1 aliphatic rings. The monoisotopic (exact) mass is 234 g/mol. The van der Waals surface area contributed by atoms with Crippen molar-refractivity contribution >= 4 is 11.8 Å². The van der Waals surface area contributed by atoms with E-state index in [0.717, 1.165) is 0 Å². The number of carboxylic acid groups (broad SMARTS) is 1. The minimum absolute atomic E-state index is 0.0229. The Morgan fingerprint density at radius 1 is 1.47 bits per heavy atom. The molecule has 1 unspecified atom stereocenters. The quantitative estimate of drug-likeness (QED) is 0.853. The predicted octanol–water partition coefficient (Wildman–Crippen LogP) is 2.37. The second kappa shape index (κ2) is 4.20. The first kappa shape index (κ1) is 11.6. The van der Waals surface area contributed by atoms with Crippen LogP contribution in [0.4, 0.5) is 0 Å². The minimum Gasteiger partial charge on any atom is -0.489 e. The molecule has 0 aliphatic carbocycles. The van der Waals surface area contributed by atoms with Gasteiger partial charge in [-0.1, -0.05) is 19.9 Å². The Morgan fingerprint density at radius 2 is 2.18 bits per heavy atom. The number of fused-ring (bicyclic) bond motifs is 1. The van der Waals surface area contributed by atoms with E-state index in [0.29, 0.717) is 5.75 Å². The molecule has 0 amide bonds. The first-order valence-electron chi connectivity index (χ1n) is 5.57. The summed E-state index contributed by atoms with van der Waals surface area (Å²) in [6, 6.07) is 4.67. The summed E-state index contributed by atoms with van der Waals surface area (Å²) in [7, 11) is 0. The molecule has 0 saturated heterocycles. The maximum Gasteiger partial charge on any atom is 0.336 e. The van der Waals surface area contributed by atoms with Crippen molar-refractivity contribution in [1.82, 2.24) is 0 Å². The second-order valence-corrected chi connectivity index (χ2v) is 4.51. The number of ether oxygens (including phenoxy) is 1. The van der Waals surface area contributed by atoms with Gasteiger partial charge in [0.05, 0.1) is 11.1 Å². The van der Waals surface area contributed by atoms with E-state index in [2.05, 4.69) is 0 Å². The molecule has 1 aromatic carbocycles. The van der Waals surface area contributed by atoms with Gasteiger partial charge in [0.15, 0.2) is 5.78 Å². The zero-order valence-corrected chi connectivity index (χ0v) is 9.77. The average molecular weight is 234 g/mol. The first-order valence-corrected chi connectivity index (χ1v) is 5.57. The maximum absolute atomic E-state index is 12.0. The van der Waals surface area contributed by atoms with Crippen molar-refractivity contribution < 1.29 is 19.4 Å². The first-order chi connectivity index (χ1) is 8.00. The van der Waals surface area contributed by atoms with Crippen LogP contribution in [-0.2, 0) is 0 Å².